The second-order valence-corrected chi connectivity index (χ2v) is 4.94. The highest BCUT2D eigenvalue weighted by atomic mass is 16.2. The Morgan fingerprint density at radius 1 is 1.09 bits per heavy atom. The van der Waals surface area contributed by atoms with E-state index in [4.69, 9.17) is 5.73 Å². The van der Waals surface area contributed by atoms with Gasteiger partial charge in [-0.1, -0.05) is 30.3 Å². The van der Waals surface area contributed by atoms with Gasteiger partial charge in [0.1, 0.15) is 12.3 Å². The van der Waals surface area contributed by atoms with Crippen LogP contribution >= 0.6 is 0 Å². The number of rotatable bonds is 9. The van der Waals surface area contributed by atoms with Crippen molar-refractivity contribution in [3.8, 4) is 0 Å². The van der Waals surface area contributed by atoms with Crippen molar-refractivity contribution in [2.75, 3.05) is 6.54 Å². The van der Waals surface area contributed by atoms with Crippen molar-refractivity contribution in [1.29, 1.82) is 0 Å². The third-order valence-electron chi connectivity index (χ3n) is 3.12. The molecule has 7 heteroatoms. The Morgan fingerprint density at radius 2 is 1.78 bits per heavy atom. The van der Waals surface area contributed by atoms with Crippen LogP contribution in [0.2, 0.25) is 0 Å². The molecule has 4 N–H and O–H groups in total. The van der Waals surface area contributed by atoms with Gasteiger partial charge in [0, 0.05) is 12.8 Å². The lowest BCUT2D eigenvalue weighted by Gasteiger charge is -2.18. The third kappa shape index (κ3) is 6.84. The molecule has 0 heterocycles. The van der Waals surface area contributed by atoms with E-state index < -0.39 is 23.8 Å². The van der Waals surface area contributed by atoms with E-state index in [1.807, 2.05) is 0 Å². The van der Waals surface area contributed by atoms with E-state index in [9.17, 15) is 19.2 Å². The third-order valence-corrected chi connectivity index (χ3v) is 3.12. The summed E-state index contributed by atoms with van der Waals surface area (Å²) in [6.07, 6.45) is 2.43. The molecule has 0 aliphatic heterocycles. The Kier molecular flexibility index (Phi) is 8.23. The number of nitrogens with one attached hydrogen (secondary N) is 2. The van der Waals surface area contributed by atoms with Gasteiger partial charge < -0.3 is 15.8 Å². The highest BCUT2D eigenvalue weighted by molar-refractivity contribution is 5.99. The number of hydrogen-bond donors (Lipinski definition) is 3. The fourth-order valence-corrected chi connectivity index (χ4v) is 1.95. The van der Waals surface area contributed by atoms with E-state index in [1.54, 1.807) is 30.3 Å². The molecule has 0 aliphatic carbocycles. The number of amides is 3. The van der Waals surface area contributed by atoms with Crippen molar-refractivity contribution in [1.82, 2.24) is 10.6 Å². The van der Waals surface area contributed by atoms with E-state index >= 15 is 0 Å². The molecule has 3 amide bonds. The van der Waals surface area contributed by atoms with Gasteiger partial charge in [-0.25, -0.2) is 0 Å². The molecule has 1 aromatic rings. The average molecular weight is 319 g/mol. The Balaban J connectivity index is 2.66. The first-order valence-corrected chi connectivity index (χ1v) is 7.40. The Morgan fingerprint density at radius 3 is 2.39 bits per heavy atom. The maximum Gasteiger partial charge on any atom is 0.253 e. The van der Waals surface area contributed by atoms with Gasteiger partial charge in [-0.05, 0) is 18.4 Å². The van der Waals surface area contributed by atoms with Crippen LogP contribution < -0.4 is 16.4 Å². The Labute approximate surface area is 134 Å². The summed E-state index contributed by atoms with van der Waals surface area (Å²) in [5.41, 5.74) is 5.81. The number of imide groups is 1. The fourth-order valence-electron chi connectivity index (χ4n) is 1.95. The molecular formula is C16H21N3O4. The molecule has 23 heavy (non-hydrogen) atoms. The normalized spacial score (nSPS) is 11.3. The lowest BCUT2D eigenvalue weighted by molar-refractivity contribution is -0.134. The predicted molar refractivity (Wildman–Crippen MR) is 84.1 cm³/mol. The molecule has 0 fully saturated rings. The van der Waals surface area contributed by atoms with Crippen LogP contribution in [0.15, 0.2) is 30.3 Å². The minimum Gasteiger partial charge on any atom is -0.339 e. The van der Waals surface area contributed by atoms with Crippen LogP contribution in [0.25, 0.3) is 0 Å². The first-order chi connectivity index (χ1) is 11.1. The Hall–Kier alpha value is -2.54. The highest BCUT2D eigenvalue weighted by Gasteiger charge is 2.23. The zero-order valence-electron chi connectivity index (χ0n) is 12.8. The molecule has 0 unspecified atom stereocenters. The molecule has 1 rings (SSSR count). The molecule has 124 valence electrons. The lowest BCUT2D eigenvalue weighted by Crippen LogP contribution is -2.44. The van der Waals surface area contributed by atoms with Crippen LogP contribution in [0, 0.1) is 0 Å². The first kappa shape index (κ1) is 18.5. The SMILES string of the molecule is NCC(=O)N[C@H](C(=O)NC(=O)CCCCC=O)c1ccccc1. The van der Waals surface area contributed by atoms with Crippen LogP contribution in [0.3, 0.4) is 0 Å². The maximum atomic E-state index is 12.3. The van der Waals surface area contributed by atoms with Gasteiger partial charge in [-0.15, -0.1) is 0 Å². The van der Waals surface area contributed by atoms with Crippen LogP contribution in [0.1, 0.15) is 37.3 Å². The minimum atomic E-state index is -0.980. The molecule has 7 nitrogen and oxygen atoms in total. The smallest absolute Gasteiger partial charge is 0.253 e. The number of carbonyl (C=O) groups excluding carboxylic acids is 4. The molecule has 0 saturated carbocycles. The van der Waals surface area contributed by atoms with Crippen LogP contribution in [0.5, 0.6) is 0 Å². The van der Waals surface area contributed by atoms with Gasteiger partial charge in [0.05, 0.1) is 6.54 Å². The van der Waals surface area contributed by atoms with Gasteiger partial charge in [-0.2, -0.15) is 0 Å². The topological polar surface area (TPSA) is 118 Å². The molecule has 0 spiro atoms. The van der Waals surface area contributed by atoms with Crippen molar-refractivity contribution in [2.24, 2.45) is 5.73 Å². The second-order valence-electron chi connectivity index (χ2n) is 4.94. The van der Waals surface area contributed by atoms with E-state index in [0.29, 0.717) is 24.8 Å². The van der Waals surface area contributed by atoms with E-state index in [2.05, 4.69) is 10.6 Å². The van der Waals surface area contributed by atoms with Crippen LogP contribution in [0.4, 0.5) is 0 Å². The summed E-state index contributed by atoms with van der Waals surface area (Å²) in [6, 6.07) is 7.61. The molecule has 0 saturated heterocycles. The molecule has 1 atom stereocenters. The summed E-state index contributed by atoms with van der Waals surface area (Å²) in [5.74, 6) is -1.55. The molecule has 0 bridgehead atoms. The van der Waals surface area contributed by atoms with Gasteiger partial charge in [0.2, 0.25) is 11.8 Å². The van der Waals surface area contributed by atoms with Gasteiger partial charge >= 0.3 is 0 Å². The zero-order chi connectivity index (χ0) is 17.1. The van der Waals surface area contributed by atoms with Crippen LogP contribution in [-0.4, -0.2) is 30.6 Å². The predicted octanol–water partition coefficient (Wildman–Crippen LogP) is 0.205. The molecule has 0 aromatic heterocycles. The van der Waals surface area contributed by atoms with E-state index in [0.717, 1.165) is 6.29 Å². The summed E-state index contributed by atoms with van der Waals surface area (Å²) in [7, 11) is 0. The van der Waals surface area contributed by atoms with Crippen molar-refractivity contribution in [2.45, 2.75) is 31.7 Å². The highest BCUT2D eigenvalue weighted by Crippen LogP contribution is 2.12. The monoisotopic (exact) mass is 319 g/mol. The number of hydrogen-bond acceptors (Lipinski definition) is 5. The quantitative estimate of drug-likeness (QED) is 0.444. The number of carbonyl (C=O) groups is 4. The van der Waals surface area contributed by atoms with E-state index in [-0.39, 0.29) is 13.0 Å². The Bertz CT molecular complexity index is 546. The summed E-state index contributed by atoms with van der Waals surface area (Å²) in [5, 5.41) is 4.75. The van der Waals surface area contributed by atoms with Gasteiger partial charge in [0.15, 0.2) is 0 Å². The van der Waals surface area contributed by atoms with Crippen LogP contribution in [-0.2, 0) is 19.2 Å². The second kappa shape index (κ2) is 10.2. The van der Waals surface area contributed by atoms with Crippen molar-refractivity contribution >= 4 is 24.0 Å². The molecule has 1 aromatic carbocycles. The van der Waals surface area contributed by atoms with Gasteiger partial charge in [0.25, 0.3) is 5.91 Å². The largest absolute Gasteiger partial charge is 0.339 e. The number of nitrogens with two attached hydrogens (primary N) is 1. The van der Waals surface area contributed by atoms with Crippen molar-refractivity contribution in [3.63, 3.8) is 0 Å². The molecule has 0 radical (unpaired) electrons. The summed E-state index contributed by atoms with van der Waals surface area (Å²) >= 11 is 0. The first-order valence-electron chi connectivity index (χ1n) is 7.40. The average Bonchev–Trinajstić information content (AvgIpc) is 2.57. The summed E-state index contributed by atoms with van der Waals surface area (Å²) in [6.45, 7) is -0.254. The van der Waals surface area contributed by atoms with Crippen molar-refractivity contribution in [3.05, 3.63) is 35.9 Å². The number of unbranched alkanes of at least 4 members (excludes halogenated alkanes) is 2. The number of aldehydes is 1. The van der Waals surface area contributed by atoms with Crippen molar-refractivity contribution < 1.29 is 19.2 Å². The zero-order valence-corrected chi connectivity index (χ0v) is 12.8. The standard InChI is InChI=1S/C16H21N3O4/c17-11-14(22)18-15(12-7-3-1-4-8-12)16(23)19-13(21)9-5-2-6-10-20/h1,3-4,7-8,10,15H,2,5-6,9,11,17H2,(H,18,22)(H,19,21,23)/t15-/m0/s1. The number of benzene rings is 1. The van der Waals surface area contributed by atoms with Gasteiger partial charge in [-0.3, -0.25) is 19.7 Å². The molecular weight excluding hydrogens is 298 g/mol. The summed E-state index contributed by atoms with van der Waals surface area (Å²) < 4.78 is 0. The minimum absolute atomic E-state index is 0.145. The van der Waals surface area contributed by atoms with E-state index in [1.165, 1.54) is 0 Å². The summed E-state index contributed by atoms with van der Waals surface area (Å²) in [4.78, 5) is 45.7. The molecule has 0 aliphatic rings. The maximum absolute atomic E-state index is 12.3. The fraction of sp³-hybridized carbons (Fsp3) is 0.375. The lowest BCUT2D eigenvalue weighted by atomic mass is 10.1.